The number of ether oxygens (including phenoxy) is 1. The van der Waals surface area contributed by atoms with Crippen LogP contribution in [-0.2, 0) is 26.2 Å². The van der Waals surface area contributed by atoms with Gasteiger partial charge in [-0.3, -0.25) is 4.79 Å². The maximum absolute atomic E-state index is 12.3. The molecule has 6 nitrogen and oxygen atoms in total. The Morgan fingerprint density at radius 2 is 2.04 bits per heavy atom. The van der Waals surface area contributed by atoms with Crippen molar-refractivity contribution < 1.29 is 17.9 Å². The first kappa shape index (κ1) is 19.0. The largest absolute Gasteiger partial charge is 0.458 e. The zero-order chi connectivity index (χ0) is 18.6. The van der Waals surface area contributed by atoms with Crippen molar-refractivity contribution in [3.8, 4) is 0 Å². The minimum Gasteiger partial charge on any atom is -0.458 e. The maximum atomic E-state index is 12.3. The normalized spacial score (nSPS) is 11.9. The Bertz CT molecular complexity index is 948. The molecule has 2 heterocycles. The summed E-state index contributed by atoms with van der Waals surface area (Å²) in [5.74, 6) is -0.355. The number of fused-ring (bicyclic) bond motifs is 1. The van der Waals surface area contributed by atoms with E-state index in [0.29, 0.717) is 10.6 Å². The van der Waals surface area contributed by atoms with Crippen LogP contribution in [-0.4, -0.2) is 37.3 Å². The molecule has 0 aliphatic heterocycles. The van der Waals surface area contributed by atoms with Gasteiger partial charge in [-0.1, -0.05) is 18.2 Å². The molecule has 26 heavy (non-hydrogen) atoms. The van der Waals surface area contributed by atoms with E-state index in [9.17, 15) is 13.2 Å². The van der Waals surface area contributed by atoms with Crippen molar-refractivity contribution in [2.45, 2.75) is 23.7 Å². The van der Waals surface area contributed by atoms with Crippen LogP contribution in [0.1, 0.15) is 17.8 Å². The zero-order valence-corrected chi connectivity index (χ0v) is 16.6. The molecular weight excluding hydrogens is 392 g/mol. The lowest BCUT2D eigenvalue weighted by Crippen LogP contribution is -2.27. The summed E-state index contributed by atoms with van der Waals surface area (Å²) in [5.41, 5.74) is 0.893. The van der Waals surface area contributed by atoms with Crippen molar-refractivity contribution >= 4 is 48.9 Å². The molecule has 1 aromatic carbocycles. The van der Waals surface area contributed by atoms with Gasteiger partial charge < -0.3 is 4.74 Å². The van der Waals surface area contributed by atoms with E-state index >= 15 is 0 Å². The molecule has 3 rings (SSSR count). The average molecular weight is 411 g/mol. The molecule has 138 valence electrons. The van der Waals surface area contributed by atoms with Crippen molar-refractivity contribution in [3.63, 3.8) is 0 Å². The van der Waals surface area contributed by atoms with Crippen molar-refractivity contribution in [1.29, 1.82) is 0 Å². The molecule has 9 heteroatoms. The van der Waals surface area contributed by atoms with Gasteiger partial charge in [0, 0.05) is 20.0 Å². The molecule has 0 amide bonds. The second-order valence-electron chi connectivity index (χ2n) is 5.60. The molecule has 3 aromatic rings. The lowest BCUT2D eigenvalue weighted by Gasteiger charge is -2.15. The van der Waals surface area contributed by atoms with E-state index < -0.39 is 10.0 Å². The molecule has 0 saturated heterocycles. The van der Waals surface area contributed by atoms with Crippen LogP contribution in [0.3, 0.4) is 0 Å². The van der Waals surface area contributed by atoms with E-state index in [0.717, 1.165) is 15.2 Å². The number of carbonyl (C=O) groups excluding carboxylic acids is 1. The van der Waals surface area contributed by atoms with Gasteiger partial charge in [-0.2, -0.15) is 0 Å². The van der Waals surface area contributed by atoms with E-state index in [1.807, 2.05) is 24.3 Å². The minimum atomic E-state index is -3.47. The Hall–Kier alpha value is -1.81. The van der Waals surface area contributed by atoms with Crippen LogP contribution >= 0.6 is 22.7 Å². The number of hydrogen-bond acceptors (Lipinski definition) is 7. The Morgan fingerprint density at radius 3 is 2.77 bits per heavy atom. The van der Waals surface area contributed by atoms with Gasteiger partial charge >= 0.3 is 5.97 Å². The summed E-state index contributed by atoms with van der Waals surface area (Å²) in [6, 6.07) is 11.0. The van der Waals surface area contributed by atoms with E-state index in [-0.39, 0.29) is 25.5 Å². The minimum absolute atomic E-state index is 0.140. The van der Waals surface area contributed by atoms with Crippen LogP contribution < -0.4 is 0 Å². The topological polar surface area (TPSA) is 76.6 Å². The molecule has 2 aromatic heterocycles. The molecule has 0 fully saturated rings. The predicted octanol–water partition coefficient (Wildman–Crippen LogP) is 3.50. The standard InChI is InChI=1S/C17H18N2O4S3/c1-19(26(21,22)17-9-5-11-24-17)10-4-8-16(20)23-12-15-18-13-6-2-3-7-14(13)25-15/h2-3,5-7,9,11H,4,8,10,12H2,1H3. The molecule has 0 atom stereocenters. The number of thiazole rings is 1. The SMILES string of the molecule is CN(CCCC(=O)OCc1nc2ccccc2s1)S(=O)(=O)c1cccs1. The van der Waals surface area contributed by atoms with E-state index in [2.05, 4.69) is 4.98 Å². The Kier molecular flexibility index (Phi) is 6.02. The van der Waals surface area contributed by atoms with Crippen molar-refractivity contribution in [2.75, 3.05) is 13.6 Å². The molecule has 0 bridgehead atoms. The zero-order valence-electron chi connectivity index (χ0n) is 14.1. The Labute approximate surface area is 160 Å². The van der Waals surface area contributed by atoms with Gasteiger partial charge in [0.25, 0.3) is 10.0 Å². The quantitative estimate of drug-likeness (QED) is 0.531. The molecular formula is C17H18N2O4S3. The van der Waals surface area contributed by atoms with E-state index in [4.69, 9.17) is 4.74 Å². The first-order valence-corrected chi connectivity index (χ1v) is 11.1. The van der Waals surface area contributed by atoms with Gasteiger partial charge in [-0.25, -0.2) is 17.7 Å². The van der Waals surface area contributed by atoms with Crippen molar-refractivity contribution in [3.05, 3.63) is 46.8 Å². The molecule has 0 radical (unpaired) electrons. The fourth-order valence-electron chi connectivity index (χ4n) is 2.33. The highest BCUT2D eigenvalue weighted by Gasteiger charge is 2.21. The highest BCUT2D eigenvalue weighted by molar-refractivity contribution is 7.91. The van der Waals surface area contributed by atoms with Crippen LogP contribution in [0.25, 0.3) is 10.2 Å². The predicted molar refractivity (Wildman–Crippen MR) is 103 cm³/mol. The maximum Gasteiger partial charge on any atom is 0.306 e. The first-order chi connectivity index (χ1) is 12.5. The molecule has 0 N–H and O–H groups in total. The summed E-state index contributed by atoms with van der Waals surface area (Å²) < 4.78 is 32.4. The van der Waals surface area contributed by atoms with Gasteiger partial charge in [0.15, 0.2) is 0 Å². The number of para-hydroxylation sites is 1. The van der Waals surface area contributed by atoms with Gasteiger partial charge in [-0.05, 0) is 30.0 Å². The van der Waals surface area contributed by atoms with Crippen LogP contribution in [0.2, 0.25) is 0 Å². The number of carbonyl (C=O) groups is 1. The third-order valence-electron chi connectivity index (χ3n) is 3.71. The summed E-state index contributed by atoms with van der Waals surface area (Å²) in [6.45, 7) is 0.401. The third kappa shape index (κ3) is 4.47. The number of aromatic nitrogens is 1. The summed E-state index contributed by atoms with van der Waals surface area (Å²) in [6.07, 6.45) is 0.564. The van der Waals surface area contributed by atoms with E-state index in [1.165, 1.54) is 34.0 Å². The highest BCUT2D eigenvalue weighted by Crippen LogP contribution is 2.22. The third-order valence-corrected chi connectivity index (χ3v) is 7.95. The number of esters is 1. The van der Waals surface area contributed by atoms with Crippen molar-refractivity contribution in [1.82, 2.24) is 9.29 Å². The van der Waals surface area contributed by atoms with Crippen LogP contribution in [0.5, 0.6) is 0 Å². The summed E-state index contributed by atoms with van der Waals surface area (Å²) in [4.78, 5) is 16.3. The van der Waals surface area contributed by atoms with Crippen LogP contribution in [0.15, 0.2) is 46.0 Å². The van der Waals surface area contributed by atoms with Crippen LogP contribution in [0.4, 0.5) is 0 Å². The average Bonchev–Trinajstić information content (AvgIpc) is 3.29. The second kappa shape index (κ2) is 8.26. The number of benzene rings is 1. The fraction of sp³-hybridized carbons (Fsp3) is 0.294. The molecule has 0 spiro atoms. The Morgan fingerprint density at radius 1 is 1.23 bits per heavy atom. The smallest absolute Gasteiger partial charge is 0.306 e. The molecule has 0 unspecified atom stereocenters. The van der Waals surface area contributed by atoms with Crippen LogP contribution in [0, 0.1) is 0 Å². The first-order valence-electron chi connectivity index (χ1n) is 7.97. The van der Waals surface area contributed by atoms with Gasteiger partial charge in [0.1, 0.15) is 15.8 Å². The highest BCUT2D eigenvalue weighted by atomic mass is 32.2. The number of thiophene rings is 1. The van der Waals surface area contributed by atoms with E-state index in [1.54, 1.807) is 17.5 Å². The lowest BCUT2D eigenvalue weighted by molar-refractivity contribution is -0.145. The monoisotopic (exact) mass is 410 g/mol. The van der Waals surface area contributed by atoms with Gasteiger partial charge in [0.2, 0.25) is 0 Å². The molecule has 0 aliphatic carbocycles. The number of hydrogen-bond donors (Lipinski definition) is 0. The van der Waals surface area contributed by atoms with Crippen molar-refractivity contribution in [2.24, 2.45) is 0 Å². The lowest BCUT2D eigenvalue weighted by atomic mass is 10.3. The summed E-state index contributed by atoms with van der Waals surface area (Å²) in [5, 5.41) is 2.47. The summed E-state index contributed by atoms with van der Waals surface area (Å²) in [7, 11) is -1.96. The van der Waals surface area contributed by atoms with Gasteiger partial charge in [-0.15, -0.1) is 22.7 Å². The molecule has 0 aliphatic rings. The summed E-state index contributed by atoms with van der Waals surface area (Å²) >= 11 is 2.67. The number of nitrogens with zero attached hydrogens (tertiary/aromatic N) is 2. The fourth-order valence-corrected chi connectivity index (χ4v) is 5.62. The Balaban J connectivity index is 1.44. The van der Waals surface area contributed by atoms with Gasteiger partial charge in [0.05, 0.1) is 10.2 Å². The molecule has 0 saturated carbocycles. The number of rotatable bonds is 8. The second-order valence-corrected chi connectivity index (χ2v) is 9.93. The number of sulfonamides is 1.